The van der Waals surface area contributed by atoms with Crippen molar-refractivity contribution in [2.45, 2.75) is 32.7 Å². The second kappa shape index (κ2) is 11.7. The molecule has 1 aliphatic rings. The van der Waals surface area contributed by atoms with Crippen molar-refractivity contribution in [2.24, 2.45) is 4.99 Å². The van der Waals surface area contributed by atoms with Gasteiger partial charge in [-0.2, -0.15) is 0 Å². The van der Waals surface area contributed by atoms with Gasteiger partial charge in [-0.1, -0.05) is 48.4 Å². The molecular weight excluding hydrogens is 580 g/mol. The molecule has 0 unspecified atom stereocenters. The molecule has 0 spiro atoms. The van der Waals surface area contributed by atoms with Gasteiger partial charge in [-0.15, -0.1) is 0 Å². The maximum atomic E-state index is 13.8. The molecule has 194 valence electrons. The number of benzene rings is 2. The molecule has 0 N–H and O–H groups in total. The number of ether oxygens (including phenoxy) is 3. The molecule has 0 fully saturated rings. The van der Waals surface area contributed by atoms with Crippen molar-refractivity contribution in [1.29, 1.82) is 0 Å². The lowest BCUT2D eigenvalue weighted by molar-refractivity contribution is -0.139. The minimum Gasteiger partial charge on any atom is -0.496 e. The van der Waals surface area contributed by atoms with Crippen LogP contribution in [0.3, 0.4) is 0 Å². The lowest BCUT2D eigenvalue weighted by atomic mass is 9.94. The number of hydrogen-bond acceptors (Lipinski definition) is 7. The van der Waals surface area contributed by atoms with E-state index >= 15 is 0 Å². The number of halogens is 2. The number of hydrogen-bond donors (Lipinski definition) is 0. The largest absolute Gasteiger partial charge is 0.496 e. The number of methoxy groups -OCH3 is 2. The number of nitrogens with zero attached hydrogens (tertiary/aromatic N) is 2. The van der Waals surface area contributed by atoms with E-state index in [0.29, 0.717) is 48.0 Å². The van der Waals surface area contributed by atoms with Crippen LogP contribution in [-0.4, -0.2) is 31.4 Å². The van der Waals surface area contributed by atoms with Gasteiger partial charge in [0.1, 0.15) is 11.5 Å². The van der Waals surface area contributed by atoms with Crippen molar-refractivity contribution in [3.63, 3.8) is 0 Å². The summed E-state index contributed by atoms with van der Waals surface area (Å²) in [6.07, 6.45) is 3.12. The van der Waals surface area contributed by atoms with Gasteiger partial charge in [0.05, 0.1) is 52.2 Å². The Hall–Kier alpha value is -2.88. The highest BCUT2D eigenvalue weighted by Crippen LogP contribution is 2.36. The third-order valence-electron chi connectivity index (χ3n) is 5.86. The third-order valence-corrected chi connectivity index (χ3v) is 7.76. The quantitative estimate of drug-likeness (QED) is 0.337. The van der Waals surface area contributed by atoms with E-state index in [-0.39, 0.29) is 12.2 Å². The molecule has 0 saturated heterocycles. The topological polar surface area (TPSA) is 79.1 Å². The van der Waals surface area contributed by atoms with E-state index in [9.17, 15) is 9.59 Å². The van der Waals surface area contributed by atoms with Crippen LogP contribution < -0.4 is 24.4 Å². The SMILES string of the molecule is CCCC1=C(C(=O)OCC)[C@@H](c2ccc(OC)c(Br)c2)n2c(s/c(=C/c3ccc(OC)c(Cl)c3)c2=O)=N1. The minimum absolute atomic E-state index is 0.212. The highest BCUT2D eigenvalue weighted by molar-refractivity contribution is 9.10. The number of fused-ring (bicyclic) bond motifs is 1. The Balaban J connectivity index is 1.98. The van der Waals surface area contributed by atoms with Gasteiger partial charge in [-0.3, -0.25) is 9.36 Å². The van der Waals surface area contributed by atoms with Crippen LogP contribution in [0.4, 0.5) is 0 Å². The number of carbonyl (C=O) groups is 1. The fraction of sp³-hybridized carbons (Fsp3) is 0.296. The van der Waals surface area contributed by atoms with Gasteiger partial charge in [-0.05, 0) is 70.7 Å². The minimum atomic E-state index is -0.708. The maximum Gasteiger partial charge on any atom is 0.338 e. The van der Waals surface area contributed by atoms with E-state index in [1.807, 2.05) is 25.1 Å². The van der Waals surface area contributed by atoms with Gasteiger partial charge in [0, 0.05) is 0 Å². The molecule has 37 heavy (non-hydrogen) atoms. The van der Waals surface area contributed by atoms with Crippen molar-refractivity contribution < 1.29 is 19.0 Å². The van der Waals surface area contributed by atoms with Crippen LogP contribution >= 0.6 is 38.9 Å². The first-order chi connectivity index (χ1) is 17.8. The summed E-state index contributed by atoms with van der Waals surface area (Å²) in [6.45, 7) is 3.99. The Morgan fingerprint density at radius 2 is 1.89 bits per heavy atom. The van der Waals surface area contributed by atoms with Gasteiger partial charge >= 0.3 is 5.97 Å². The average Bonchev–Trinajstić information content (AvgIpc) is 3.18. The van der Waals surface area contributed by atoms with Gasteiger partial charge < -0.3 is 14.2 Å². The van der Waals surface area contributed by atoms with Gasteiger partial charge in [-0.25, -0.2) is 9.79 Å². The van der Waals surface area contributed by atoms with Crippen molar-refractivity contribution in [3.8, 4) is 11.5 Å². The van der Waals surface area contributed by atoms with Crippen LogP contribution in [0.1, 0.15) is 43.9 Å². The Morgan fingerprint density at radius 3 is 2.51 bits per heavy atom. The number of esters is 1. The van der Waals surface area contributed by atoms with Crippen molar-refractivity contribution >= 4 is 50.9 Å². The van der Waals surface area contributed by atoms with Gasteiger partial charge in [0.2, 0.25) is 0 Å². The standard InChI is InChI=1S/C27H26BrClN2O5S/c1-5-7-19-23(26(33)36-6-2)24(16-9-11-20(34-3)17(28)14-16)31-25(32)22(37-27(31)30-19)13-15-8-10-21(35-4)18(29)12-15/h8-14,24H,5-7H2,1-4H3/b22-13+/t24-/m1/s1. The summed E-state index contributed by atoms with van der Waals surface area (Å²) >= 11 is 11.1. The van der Waals surface area contributed by atoms with Crippen LogP contribution in [-0.2, 0) is 9.53 Å². The van der Waals surface area contributed by atoms with Crippen molar-refractivity contribution in [1.82, 2.24) is 4.57 Å². The van der Waals surface area contributed by atoms with Crippen LogP contribution in [0.5, 0.6) is 11.5 Å². The smallest absolute Gasteiger partial charge is 0.338 e. The normalized spacial score (nSPS) is 15.3. The summed E-state index contributed by atoms with van der Waals surface area (Å²) in [5.74, 6) is 0.708. The van der Waals surface area contributed by atoms with Crippen LogP contribution in [0.25, 0.3) is 6.08 Å². The fourth-order valence-corrected chi connectivity index (χ4v) is 6.06. The van der Waals surface area contributed by atoms with Gasteiger partial charge in [0.15, 0.2) is 4.80 Å². The summed E-state index contributed by atoms with van der Waals surface area (Å²) in [4.78, 5) is 32.4. The van der Waals surface area contributed by atoms with E-state index in [1.54, 1.807) is 50.0 Å². The number of rotatable bonds is 8. The Kier molecular flexibility index (Phi) is 8.56. The monoisotopic (exact) mass is 604 g/mol. The zero-order valence-corrected chi connectivity index (χ0v) is 24.0. The van der Waals surface area contributed by atoms with Crippen molar-refractivity contribution in [3.05, 3.63) is 88.0 Å². The van der Waals surface area contributed by atoms with E-state index in [0.717, 1.165) is 17.5 Å². The molecule has 7 nitrogen and oxygen atoms in total. The third kappa shape index (κ3) is 5.39. The molecule has 0 saturated carbocycles. The molecule has 0 radical (unpaired) electrons. The maximum absolute atomic E-state index is 13.8. The first-order valence-electron chi connectivity index (χ1n) is 11.7. The highest BCUT2D eigenvalue weighted by atomic mass is 79.9. The van der Waals surface area contributed by atoms with Crippen LogP contribution in [0.15, 0.2) is 61.9 Å². The number of allylic oxidation sites excluding steroid dienone is 1. The average molecular weight is 606 g/mol. The summed E-state index contributed by atoms with van der Waals surface area (Å²) < 4.78 is 18.8. The molecule has 1 aromatic heterocycles. The molecule has 1 atom stereocenters. The lowest BCUT2D eigenvalue weighted by Gasteiger charge is -2.26. The van der Waals surface area contributed by atoms with Crippen LogP contribution in [0, 0.1) is 0 Å². The van der Waals surface area contributed by atoms with E-state index in [4.69, 9.17) is 30.8 Å². The number of thiazole rings is 1. The second-order valence-electron chi connectivity index (χ2n) is 8.20. The number of carbonyl (C=O) groups excluding carboxylic acids is 1. The van der Waals surface area contributed by atoms with Gasteiger partial charge in [0.25, 0.3) is 5.56 Å². The molecule has 3 aromatic rings. The first-order valence-corrected chi connectivity index (χ1v) is 13.7. The molecular formula is C27H26BrClN2O5S. The van der Waals surface area contributed by atoms with E-state index in [1.165, 1.54) is 11.3 Å². The Morgan fingerprint density at radius 1 is 1.16 bits per heavy atom. The molecule has 0 aliphatic carbocycles. The predicted octanol–water partition coefficient (Wildman–Crippen LogP) is 5.01. The molecule has 1 aliphatic heterocycles. The molecule has 0 bridgehead atoms. The highest BCUT2D eigenvalue weighted by Gasteiger charge is 2.34. The zero-order chi connectivity index (χ0) is 26.7. The molecule has 10 heteroatoms. The Bertz CT molecular complexity index is 1560. The Labute approximate surface area is 231 Å². The van der Waals surface area contributed by atoms with Crippen LogP contribution in [0.2, 0.25) is 5.02 Å². The summed E-state index contributed by atoms with van der Waals surface area (Å²) in [6, 6.07) is 10.1. The summed E-state index contributed by atoms with van der Waals surface area (Å²) in [5, 5.41) is 0.444. The van der Waals surface area contributed by atoms with Crippen molar-refractivity contribution in [2.75, 3.05) is 20.8 Å². The molecule has 2 heterocycles. The molecule has 4 rings (SSSR count). The summed E-state index contributed by atoms with van der Waals surface area (Å²) in [5.41, 5.74) is 2.22. The molecule has 0 amide bonds. The molecule has 2 aromatic carbocycles. The van der Waals surface area contributed by atoms with E-state index in [2.05, 4.69) is 15.9 Å². The number of aromatic nitrogens is 1. The zero-order valence-electron chi connectivity index (χ0n) is 20.8. The predicted molar refractivity (Wildman–Crippen MR) is 148 cm³/mol. The first kappa shape index (κ1) is 27.2. The second-order valence-corrected chi connectivity index (χ2v) is 10.5. The lowest BCUT2D eigenvalue weighted by Crippen LogP contribution is -2.40. The fourth-order valence-electron chi connectivity index (χ4n) is 4.21. The van der Waals surface area contributed by atoms with E-state index < -0.39 is 12.0 Å². The summed E-state index contributed by atoms with van der Waals surface area (Å²) in [7, 11) is 3.13.